The van der Waals surface area contributed by atoms with E-state index >= 15 is 0 Å². The van der Waals surface area contributed by atoms with Crippen LogP contribution in [0.5, 0.6) is 0 Å². The fraction of sp³-hybridized carbons (Fsp3) is 0.789. The van der Waals surface area contributed by atoms with Gasteiger partial charge in [0.15, 0.2) is 5.96 Å². The molecule has 9 heteroatoms. The number of nitrogens with one attached hydrogen (secondary N) is 1. The molecule has 1 aromatic rings. The van der Waals surface area contributed by atoms with E-state index in [1.807, 2.05) is 14.0 Å². The van der Waals surface area contributed by atoms with Crippen LogP contribution < -0.4 is 5.32 Å². The zero-order chi connectivity index (χ0) is 19.5. The molecular weight excluding hydrogens is 491 g/mol. The Balaban J connectivity index is 0.00000392. The molecule has 1 saturated heterocycles. The smallest absolute Gasteiger partial charge is 0.194 e. The number of ether oxygens (including phenoxy) is 3. The molecule has 0 aromatic carbocycles. The molecule has 2 rings (SSSR count). The lowest BCUT2D eigenvalue weighted by Crippen LogP contribution is -2.38. The highest BCUT2D eigenvalue weighted by Gasteiger charge is 2.15. The van der Waals surface area contributed by atoms with Gasteiger partial charge in [-0.1, -0.05) is 0 Å². The van der Waals surface area contributed by atoms with Crippen LogP contribution in [0, 0.1) is 0 Å². The van der Waals surface area contributed by atoms with Crippen molar-refractivity contribution in [2.75, 3.05) is 47.1 Å². The zero-order valence-corrected chi connectivity index (χ0v) is 20.6. The maximum Gasteiger partial charge on any atom is 0.194 e. The van der Waals surface area contributed by atoms with Crippen molar-refractivity contribution in [3.05, 3.63) is 16.1 Å². The molecule has 162 valence electrons. The number of nitrogens with zero attached hydrogens (tertiary/aromatic N) is 3. The van der Waals surface area contributed by atoms with Gasteiger partial charge in [-0.2, -0.15) is 0 Å². The first-order valence-corrected chi connectivity index (χ1v) is 10.7. The van der Waals surface area contributed by atoms with E-state index in [0.717, 1.165) is 62.2 Å². The Morgan fingerprint density at radius 3 is 3.04 bits per heavy atom. The van der Waals surface area contributed by atoms with Crippen LogP contribution in [0.3, 0.4) is 0 Å². The van der Waals surface area contributed by atoms with Crippen LogP contribution in [0.25, 0.3) is 0 Å². The number of guanidine groups is 1. The van der Waals surface area contributed by atoms with Crippen molar-refractivity contribution >= 4 is 41.3 Å². The van der Waals surface area contributed by atoms with Gasteiger partial charge < -0.3 is 24.4 Å². The van der Waals surface area contributed by atoms with E-state index in [4.69, 9.17) is 19.2 Å². The Hall–Kier alpha value is -0.490. The molecular formula is C19H35IN4O3S. The SMILES string of the molecule is CCNC(=NCCCOCC1CCCO1)N(C)Cc1csc(C(C)OC)n1.I. The fourth-order valence-corrected chi connectivity index (χ4v) is 3.65. The normalized spacial score (nSPS) is 18.0. The molecule has 0 aliphatic carbocycles. The molecule has 28 heavy (non-hydrogen) atoms. The van der Waals surface area contributed by atoms with Gasteiger partial charge in [0.05, 0.1) is 24.9 Å². The lowest BCUT2D eigenvalue weighted by atomic mass is 10.2. The first-order valence-electron chi connectivity index (χ1n) is 9.80. The van der Waals surface area contributed by atoms with Crippen LogP contribution in [0.1, 0.15) is 49.9 Å². The first-order chi connectivity index (χ1) is 13.1. The minimum absolute atomic E-state index is 0. The standard InChI is InChI=1S/C19H34N4O3S.HI/c1-5-20-19(21-9-7-10-25-13-17-8-6-11-26-17)23(3)12-16-14-27-18(22-16)15(2)24-4;/h14-15,17H,5-13H2,1-4H3,(H,20,21);1H. The molecule has 0 radical (unpaired) electrons. The largest absolute Gasteiger partial charge is 0.379 e. The summed E-state index contributed by atoms with van der Waals surface area (Å²) in [5.41, 5.74) is 1.03. The summed E-state index contributed by atoms with van der Waals surface area (Å²) in [6.07, 6.45) is 3.50. The van der Waals surface area contributed by atoms with Crippen LogP contribution in [0.2, 0.25) is 0 Å². The number of hydrogen-bond donors (Lipinski definition) is 1. The third-order valence-electron chi connectivity index (χ3n) is 4.40. The van der Waals surface area contributed by atoms with E-state index in [0.29, 0.717) is 19.3 Å². The van der Waals surface area contributed by atoms with Crippen LogP contribution >= 0.6 is 35.3 Å². The topological polar surface area (TPSA) is 68.2 Å². The summed E-state index contributed by atoms with van der Waals surface area (Å²) in [5.74, 6) is 0.894. The molecule has 1 aromatic heterocycles. The molecule has 1 aliphatic heterocycles. The van der Waals surface area contributed by atoms with Gasteiger partial charge in [0.1, 0.15) is 11.1 Å². The Morgan fingerprint density at radius 1 is 1.54 bits per heavy atom. The highest BCUT2D eigenvalue weighted by atomic mass is 127. The van der Waals surface area contributed by atoms with Crippen molar-refractivity contribution < 1.29 is 14.2 Å². The second-order valence-electron chi connectivity index (χ2n) is 6.71. The maximum atomic E-state index is 5.70. The van der Waals surface area contributed by atoms with Crippen molar-refractivity contribution in [1.29, 1.82) is 0 Å². The third-order valence-corrected chi connectivity index (χ3v) is 5.46. The molecule has 0 spiro atoms. The van der Waals surface area contributed by atoms with Crippen molar-refractivity contribution in [3.63, 3.8) is 0 Å². The summed E-state index contributed by atoms with van der Waals surface area (Å²) in [7, 11) is 3.74. The monoisotopic (exact) mass is 526 g/mol. The van der Waals surface area contributed by atoms with E-state index in [1.54, 1.807) is 18.4 Å². The minimum Gasteiger partial charge on any atom is -0.379 e. The molecule has 0 saturated carbocycles. The quantitative estimate of drug-likeness (QED) is 0.206. The van der Waals surface area contributed by atoms with Gasteiger partial charge >= 0.3 is 0 Å². The molecule has 2 unspecified atom stereocenters. The summed E-state index contributed by atoms with van der Waals surface area (Å²) in [4.78, 5) is 11.5. The van der Waals surface area contributed by atoms with Crippen LogP contribution in [0.15, 0.2) is 10.4 Å². The summed E-state index contributed by atoms with van der Waals surface area (Å²) < 4.78 is 16.6. The number of halogens is 1. The number of methoxy groups -OCH3 is 1. The van der Waals surface area contributed by atoms with Gasteiger partial charge in [-0.3, -0.25) is 4.99 Å². The average Bonchev–Trinajstić information content (AvgIpc) is 3.35. The van der Waals surface area contributed by atoms with Gasteiger partial charge in [-0.05, 0) is 33.1 Å². The molecule has 2 heterocycles. The number of aliphatic imine (C=N–C) groups is 1. The lowest BCUT2D eigenvalue weighted by Gasteiger charge is -2.21. The predicted octanol–water partition coefficient (Wildman–Crippen LogP) is 3.45. The summed E-state index contributed by atoms with van der Waals surface area (Å²) in [6, 6.07) is 0. The first kappa shape index (κ1) is 25.5. The molecule has 1 N–H and O–H groups in total. The van der Waals surface area contributed by atoms with Gasteiger partial charge in [0, 0.05) is 45.8 Å². The van der Waals surface area contributed by atoms with E-state index < -0.39 is 0 Å². The number of thiazole rings is 1. The second-order valence-corrected chi connectivity index (χ2v) is 7.60. The third kappa shape index (κ3) is 8.89. The zero-order valence-electron chi connectivity index (χ0n) is 17.5. The second kappa shape index (κ2) is 14.5. The molecule has 2 atom stereocenters. The Morgan fingerprint density at radius 2 is 2.36 bits per heavy atom. The Kier molecular flexibility index (Phi) is 13.2. The van der Waals surface area contributed by atoms with Crippen molar-refractivity contribution in [3.8, 4) is 0 Å². The van der Waals surface area contributed by atoms with Gasteiger partial charge in [-0.25, -0.2) is 4.98 Å². The van der Waals surface area contributed by atoms with Crippen LogP contribution in [-0.2, 0) is 20.8 Å². The highest BCUT2D eigenvalue weighted by molar-refractivity contribution is 14.0. The Labute approximate surface area is 190 Å². The van der Waals surface area contributed by atoms with Crippen molar-refractivity contribution in [1.82, 2.24) is 15.2 Å². The summed E-state index contributed by atoms with van der Waals surface area (Å²) in [6.45, 7) is 8.68. The summed E-state index contributed by atoms with van der Waals surface area (Å²) >= 11 is 1.64. The van der Waals surface area contributed by atoms with Gasteiger partial charge in [0.2, 0.25) is 0 Å². The fourth-order valence-electron chi connectivity index (χ4n) is 2.81. The number of hydrogen-bond acceptors (Lipinski definition) is 6. The predicted molar refractivity (Wildman–Crippen MR) is 125 cm³/mol. The van der Waals surface area contributed by atoms with Crippen molar-refractivity contribution in [2.24, 2.45) is 4.99 Å². The average molecular weight is 526 g/mol. The molecule has 0 bridgehead atoms. The molecule has 1 fully saturated rings. The van der Waals surface area contributed by atoms with Gasteiger partial charge in [0.25, 0.3) is 0 Å². The highest BCUT2D eigenvalue weighted by Crippen LogP contribution is 2.20. The number of aromatic nitrogens is 1. The van der Waals surface area contributed by atoms with Gasteiger partial charge in [-0.15, -0.1) is 35.3 Å². The van der Waals surface area contributed by atoms with Crippen LogP contribution in [0.4, 0.5) is 0 Å². The minimum atomic E-state index is 0. The molecule has 0 amide bonds. The molecule has 1 aliphatic rings. The maximum absolute atomic E-state index is 5.70. The summed E-state index contributed by atoms with van der Waals surface area (Å²) in [5, 5.41) is 6.44. The molecule has 7 nitrogen and oxygen atoms in total. The lowest BCUT2D eigenvalue weighted by molar-refractivity contribution is 0.0170. The Bertz CT molecular complexity index is 567. The van der Waals surface area contributed by atoms with E-state index in [2.05, 4.69) is 27.5 Å². The van der Waals surface area contributed by atoms with E-state index in [-0.39, 0.29) is 30.1 Å². The van der Waals surface area contributed by atoms with E-state index in [1.165, 1.54) is 0 Å². The number of rotatable bonds is 11. The van der Waals surface area contributed by atoms with E-state index in [9.17, 15) is 0 Å². The van der Waals surface area contributed by atoms with Crippen molar-refractivity contribution in [2.45, 2.75) is 51.9 Å². The van der Waals surface area contributed by atoms with Crippen LogP contribution in [-0.4, -0.2) is 69.0 Å².